The monoisotopic (exact) mass is 279 g/mol. The van der Waals surface area contributed by atoms with Gasteiger partial charge in [0.25, 0.3) is 0 Å². The third-order valence-electron chi connectivity index (χ3n) is 2.93. The Balaban J connectivity index is 4.14. The van der Waals surface area contributed by atoms with Gasteiger partial charge in [-0.25, -0.2) is 12.7 Å². The second-order valence-electron chi connectivity index (χ2n) is 4.71. The number of hydrogen-bond donors (Lipinski definition) is 1. The third kappa shape index (κ3) is 8.06. The quantitative estimate of drug-likeness (QED) is 0.558. The fourth-order valence-electron chi connectivity index (χ4n) is 1.92. The van der Waals surface area contributed by atoms with E-state index in [4.69, 9.17) is 5.11 Å². The number of rotatable bonds is 12. The molecule has 0 fully saturated rings. The highest BCUT2D eigenvalue weighted by Crippen LogP contribution is 2.09. The van der Waals surface area contributed by atoms with Gasteiger partial charge in [-0.3, -0.25) is 0 Å². The third-order valence-corrected chi connectivity index (χ3v) is 5.01. The lowest BCUT2D eigenvalue weighted by Crippen LogP contribution is -2.35. The van der Waals surface area contributed by atoms with Gasteiger partial charge in [-0.1, -0.05) is 39.5 Å². The summed E-state index contributed by atoms with van der Waals surface area (Å²) >= 11 is 0. The molecule has 18 heavy (non-hydrogen) atoms. The van der Waals surface area contributed by atoms with Crippen molar-refractivity contribution in [2.24, 2.45) is 0 Å². The van der Waals surface area contributed by atoms with Crippen LogP contribution >= 0.6 is 0 Å². The fourth-order valence-corrected chi connectivity index (χ4v) is 3.50. The van der Waals surface area contributed by atoms with Gasteiger partial charge < -0.3 is 5.11 Å². The Kier molecular flexibility index (Phi) is 10.7. The van der Waals surface area contributed by atoms with E-state index in [0.29, 0.717) is 25.9 Å². The highest BCUT2D eigenvalue weighted by atomic mass is 32.2. The van der Waals surface area contributed by atoms with Gasteiger partial charge in [0, 0.05) is 19.7 Å². The first-order valence-electron chi connectivity index (χ1n) is 7.17. The number of aliphatic hydroxyl groups excluding tert-OH is 1. The molecule has 0 aromatic carbocycles. The lowest BCUT2D eigenvalue weighted by molar-refractivity contribution is 0.268. The summed E-state index contributed by atoms with van der Waals surface area (Å²) in [6.45, 7) is 5.15. The van der Waals surface area contributed by atoms with Crippen LogP contribution in [0.15, 0.2) is 0 Å². The molecular weight excluding hydrogens is 250 g/mol. The van der Waals surface area contributed by atoms with Gasteiger partial charge in [-0.2, -0.15) is 0 Å². The van der Waals surface area contributed by atoms with Crippen LogP contribution in [-0.2, 0) is 10.0 Å². The van der Waals surface area contributed by atoms with E-state index in [1.807, 2.05) is 6.92 Å². The summed E-state index contributed by atoms with van der Waals surface area (Å²) in [6.07, 6.45) is 6.78. The lowest BCUT2D eigenvalue weighted by Gasteiger charge is -2.21. The minimum absolute atomic E-state index is 0.0496. The Morgan fingerprint density at radius 3 is 2.06 bits per heavy atom. The van der Waals surface area contributed by atoms with Crippen molar-refractivity contribution in [3.8, 4) is 0 Å². The van der Waals surface area contributed by atoms with Crippen LogP contribution < -0.4 is 0 Å². The van der Waals surface area contributed by atoms with Crippen molar-refractivity contribution in [1.29, 1.82) is 0 Å². The molecule has 0 aliphatic rings. The molecule has 0 heterocycles. The zero-order valence-electron chi connectivity index (χ0n) is 11.9. The molecule has 1 N–H and O–H groups in total. The van der Waals surface area contributed by atoms with Crippen molar-refractivity contribution >= 4 is 10.0 Å². The standard InChI is InChI=1S/C13H29NO3S/c1-3-5-6-7-8-10-14(11-9-12-15)18(16,17)13-4-2/h15H,3-13H2,1-2H3. The van der Waals surface area contributed by atoms with Crippen LogP contribution in [0.5, 0.6) is 0 Å². The van der Waals surface area contributed by atoms with E-state index >= 15 is 0 Å². The molecule has 0 aliphatic heterocycles. The first kappa shape index (κ1) is 17.9. The summed E-state index contributed by atoms with van der Waals surface area (Å²) in [5.41, 5.74) is 0. The Hall–Kier alpha value is -0.130. The second-order valence-corrected chi connectivity index (χ2v) is 6.79. The number of aliphatic hydroxyl groups is 1. The van der Waals surface area contributed by atoms with Crippen LogP contribution in [0.2, 0.25) is 0 Å². The summed E-state index contributed by atoms with van der Waals surface area (Å²) in [5, 5.41) is 8.83. The first-order chi connectivity index (χ1) is 8.58. The Labute approximate surface area is 112 Å². The molecule has 0 spiro atoms. The molecule has 0 aromatic heterocycles. The van der Waals surface area contributed by atoms with Gasteiger partial charge in [-0.05, 0) is 19.3 Å². The summed E-state index contributed by atoms with van der Waals surface area (Å²) in [6, 6.07) is 0. The highest BCUT2D eigenvalue weighted by Gasteiger charge is 2.19. The SMILES string of the molecule is CCCCCCCN(CCCO)S(=O)(=O)CCC. The van der Waals surface area contributed by atoms with E-state index < -0.39 is 10.0 Å². The molecule has 5 heteroatoms. The minimum atomic E-state index is -3.12. The number of sulfonamides is 1. The average molecular weight is 279 g/mol. The van der Waals surface area contributed by atoms with E-state index in [1.165, 1.54) is 19.3 Å². The van der Waals surface area contributed by atoms with Crippen LogP contribution in [0.25, 0.3) is 0 Å². The van der Waals surface area contributed by atoms with E-state index in [0.717, 1.165) is 12.8 Å². The predicted octanol–water partition coefficient (Wildman–Crippen LogP) is 2.38. The molecular formula is C13H29NO3S. The zero-order valence-corrected chi connectivity index (χ0v) is 12.7. The normalized spacial score (nSPS) is 12.2. The number of hydrogen-bond acceptors (Lipinski definition) is 3. The molecule has 0 amide bonds. The minimum Gasteiger partial charge on any atom is -0.396 e. The molecule has 0 radical (unpaired) electrons. The fraction of sp³-hybridized carbons (Fsp3) is 1.00. The van der Waals surface area contributed by atoms with Crippen molar-refractivity contribution < 1.29 is 13.5 Å². The van der Waals surface area contributed by atoms with Crippen molar-refractivity contribution in [2.45, 2.75) is 58.8 Å². The van der Waals surface area contributed by atoms with Crippen LogP contribution in [-0.4, -0.2) is 43.3 Å². The topological polar surface area (TPSA) is 57.6 Å². The molecule has 0 saturated heterocycles. The summed E-state index contributed by atoms with van der Waals surface area (Å²) in [7, 11) is -3.12. The molecule has 0 bridgehead atoms. The molecule has 0 atom stereocenters. The van der Waals surface area contributed by atoms with Crippen LogP contribution in [0, 0.1) is 0 Å². The highest BCUT2D eigenvalue weighted by molar-refractivity contribution is 7.89. The van der Waals surface area contributed by atoms with Gasteiger partial charge in [0.05, 0.1) is 5.75 Å². The number of unbranched alkanes of at least 4 members (excludes halogenated alkanes) is 4. The lowest BCUT2D eigenvalue weighted by atomic mass is 10.1. The van der Waals surface area contributed by atoms with Gasteiger partial charge in [0.15, 0.2) is 0 Å². The van der Waals surface area contributed by atoms with Gasteiger partial charge in [-0.15, -0.1) is 0 Å². The maximum Gasteiger partial charge on any atom is 0.214 e. The largest absolute Gasteiger partial charge is 0.396 e. The van der Waals surface area contributed by atoms with E-state index in [2.05, 4.69) is 6.92 Å². The molecule has 0 unspecified atom stereocenters. The summed E-state index contributed by atoms with van der Waals surface area (Å²) < 4.78 is 25.6. The predicted molar refractivity (Wildman–Crippen MR) is 76.1 cm³/mol. The molecule has 0 aromatic rings. The molecule has 0 rings (SSSR count). The van der Waals surface area contributed by atoms with Gasteiger partial charge in [0.2, 0.25) is 10.0 Å². The van der Waals surface area contributed by atoms with E-state index in [1.54, 1.807) is 4.31 Å². The van der Waals surface area contributed by atoms with Crippen molar-refractivity contribution in [3.63, 3.8) is 0 Å². The maximum absolute atomic E-state index is 12.0. The summed E-state index contributed by atoms with van der Waals surface area (Å²) in [4.78, 5) is 0. The second kappa shape index (κ2) is 10.8. The Morgan fingerprint density at radius 2 is 1.50 bits per heavy atom. The Bertz CT molecular complexity index is 278. The van der Waals surface area contributed by atoms with Crippen LogP contribution in [0.3, 0.4) is 0 Å². The number of nitrogens with zero attached hydrogens (tertiary/aromatic N) is 1. The molecule has 0 aliphatic carbocycles. The van der Waals surface area contributed by atoms with Crippen LogP contribution in [0.4, 0.5) is 0 Å². The van der Waals surface area contributed by atoms with Crippen molar-refractivity contribution in [3.05, 3.63) is 0 Å². The van der Waals surface area contributed by atoms with Gasteiger partial charge in [0.1, 0.15) is 0 Å². The maximum atomic E-state index is 12.0. The van der Waals surface area contributed by atoms with Crippen molar-refractivity contribution in [1.82, 2.24) is 4.31 Å². The first-order valence-corrected chi connectivity index (χ1v) is 8.78. The van der Waals surface area contributed by atoms with Gasteiger partial charge >= 0.3 is 0 Å². The average Bonchev–Trinajstić information content (AvgIpc) is 2.32. The molecule has 0 saturated carbocycles. The summed E-state index contributed by atoms with van der Waals surface area (Å²) in [5.74, 6) is 0.216. The Morgan fingerprint density at radius 1 is 0.889 bits per heavy atom. The smallest absolute Gasteiger partial charge is 0.214 e. The van der Waals surface area contributed by atoms with Crippen molar-refractivity contribution in [2.75, 3.05) is 25.4 Å². The molecule has 110 valence electrons. The van der Waals surface area contributed by atoms with E-state index in [-0.39, 0.29) is 12.4 Å². The van der Waals surface area contributed by atoms with Crippen LogP contribution in [0.1, 0.15) is 58.8 Å². The van der Waals surface area contributed by atoms with E-state index in [9.17, 15) is 8.42 Å². The molecule has 4 nitrogen and oxygen atoms in total. The zero-order chi connectivity index (χ0) is 13.9.